The molecule has 3 nitrogen and oxygen atoms in total. The first-order valence-corrected chi connectivity index (χ1v) is 12.9. The van der Waals surface area contributed by atoms with Crippen LogP contribution < -0.4 is 0 Å². The normalized spacial score (nSPS) is 49.4. The fraction of sp³-hybridized carbons (Fsp3) is 0.857. The molecule has 0 heterocycles. The monoisotopic (exact) mass is 430 g/mol. The number of rotatable bonds is 4. The van der Waals surface area contributed by atoms with Crippen LogP contribution in [-0.4, -0.2) is 33.1 Å². The van der Waals surface area contributed by atoms with Crippen LogP contribution in [0, 0.1) is 46.3 Å². The molecule has 0 aliphatic heterocycles. The molecule has 4 aliphatic rings. The Bertz CT molecular complexity index is 741. The summed E-state index contributed by atoms with van der Waals surface area (Å²) in [5.74, 6) is 3.37. The Balaban J connectivity index is 1.61. The summed E-state index contributed by atoms with van der Waals surface area (Å²) in [6.45, 7) is 14.0. The topological polar surface area (TPSA) is 60.7 Å². The van der Waals surface area contributed by atoms with Gasteiger partial charge in [0.25, 0.3) is 0 Å². The minimum atomic E-state index is -1.20. The van der Waals surface area contributed by atoms with Crippen molar-refractivity contribution >= 4 is 0 Å². The molecule has 176 valence electrons. The van der Waals surface area contributed by atoms with Crippen molar-refractivity contribution in [2.45, 2.75) is 104 Å². The Morgan fingerprint density at radius 1 is 0.935 bits per heavy atom. The van der Waals surface area contributed by atoms with Gasteiger partial charge in [-0.25, -0.2) is 0 Å². The molecular weight excluding hydrogens is 384 g/mol. The van der Waals surface area contributed by atoms with E-state index < -0.39 is 17.8 Å². The molecule has 3 fully saturated rings. The van der Waals surface area contributed by atoms with Crippen molar-refractivity contribution < 1.29 is 15.3 Å². The van der Waals surface area contributed by atoms with Crippen LogP contribution in [0.3, 0.4) is 0 Å². The molecule has 4 rings (SSSR count). The molecule has 0 radical (unpaired) electrons. The summed E-state index contributed by atoms with van der Waals surface area (Å²) in [5.41, 5.74) is 0.160. The lowest BCUT2D eigenvalue weighted by Crippen LogP contribution is -2.65. The SMILES string of the molecule is CC(C)[C@@H](C)C=C[C@H](C)[C@H]1CC[C@H]2C3=C[C@@H](O)[C@@]4(O)C[C@@H](O)CC[C@]4(C)[C@H]3CC[C@]12C. The van der Waals surface area contributed by atoms with Gasteiger partial charge in [-0.15, -0.1) is 0 Å². The highest BCUT2D eigenvalue weighted by Gasteiger charge is 2.64. The van der Waals surface area contributed by atoms with Crippen molar-refractivity contribution in [3.63, 3.8) is 0 Å². The van der Waals surface area contributed by atoms with Crippen LogP contribution in [-0.2, 0) is 0 Å². The fourth-order valence-electron chi connectivity index (χ4n) is 8.16. The molecule has 0 aromatic carbocycles. The van der Waals surface area contributed by atoms with E-state index in [0.717, 1.165) is 19.3 Å². The summed E-state index contributed by atoms with van der Waals surface area (Å²) < 4.78 is 0. The minimum absolute atomic E-state index is 0.271. The van der Waals surface area contributed by atoms with E-state index in [1.54, 1.807) is 0 Å². The van der Waals surface area contributed by atoms with Gasteiger partial charge in [-0.2, -0.15) is 0 Å². The molecule has 0 aromatic heterocycles. The molecule has 4 aliphatic carbocycles. The Morgan fingerprint density at radius 2 is 1.65 bits per heavy atom. The third-order valence-electron chi connectivity index (χ3n) is 10.7. The van der Waals surface area contributed by atoms with E-state index in [1.165, 1.54) is 24.8 Å². The third kappa shape index (κ3) is 3.49. The molecule has 0 aromatic rings. The van der Waals surface area contributed by atoms with Gasteiger partial charge in [0.15, 0.2) is 0 Å². The maximum absolute atomic E-state index is 11.6. The van der Waals surface area contributed by atoms with Gasteiger partial charge in [0.1, 0.15) is 11.7 Å². The molecule has 31 heavy (non-hydrogen) atoms. The maximum Gasteiger partial charge on any atom is 0.102 e. The summed E-state index contributed by atoms with van der Waals surface area (Å²) in [6.07, 6.45) is 12.1. The van der Waals surface area contributed by atoms with E-state index >= 15 is 0 Å². The zero-order valence-corrected chi connectivity index (χ0v) is 20.6. The van der Waals surface area contributed by atoms with Crippen LogP contribution in [0.25, 0.3) is 0 Å². The average molecular weight is 431 g/mol. The summed E-state index contributed by atoms with van der Waals surface area (Å²) in [4.78, 5) is 0. The number of fused-ring (bicyclic) bond motifs is 5. The zero-order valence-electron chi connectivity index (χ0n) is 20.6. The minimum Gasteiger partial charge on any atom is -0.393 e. The number of aliphatic hydroxyl groups excluding tert-OH is 2. The highest BCUT2D eigenvalue weighted by atomic mass is 16.3. The van der Waals surface area contributed by atoms with Crippen molar-refractivity contribution in [3.8, 4) is 0 Å². The second-order valence-electron chi connectivity index (χ2n) is 12.5. The summed E-state index contributed by atoms with van der Waals surface area (Å²) in [6, 6.07) is 0. The van der Waals surface area contributed by atoms with Crippen molar-refractivity contribution in [1.29, 1.82) is 0 Å². The van der Waals surface area contributed by atoms with Gasteiger partial charge < -0.3 is 15.3 Å². The first-order chi connectivity index (χ1) is 14.4. The lowest BCUT2D eigenvalue weighted by molar-refractivity contribution is -0.210. The van der Waals surface area contributed by atoms with Crippen LogP contribution >= 0.6 is 0 Å². The maximum atomic E-state index is 11.6. The third-order valence-corrected chi connectivity index (χ3v) is 10.7. The summed E-state index contributed by atoms with van der Waals surface area (Å²) in [5, 5.41) is 32.9. The molecule has 0 bridgehead atoms. The number of allylic oxidation sites excluding steroid dienone is 3. The lowest BCUT2D eigenvalue weighted by Gasteiger charge is -2.62. The van der Waals surface area contributed by atoms with E-state index in [-0.39, 0.29) is 10.8 Å². The van der Waals surface area contributed by atoms with Gasteiger partial charge in [0.05, 0.1) is 6.10 Å². The van der Waals surface area contributed by atoms with Crippen LogP contribution in [0.5, 0.6) is 0 Å². The zero-order chi connectivity index (χ0) is 22.8. The predicted molar refractivity (Wildman–Crippen MR) is 126 cm³/mol. The molecule has 0 spiro atoms. The first-order valence-electron chi connectivity index (χ1n) is 12.9. The Morgan fingerprint density at radius 3 is 2.32 bits per heavy atom. The van der Waals surface area contributed by atoms with Gasteiger partial charge in [0, 0.05) is 11.8 Å². The lowest BCUT2D eigenvalue weighted by atomic mass is 9.45. The Kier molecular flexibility index (Phi) is 6.06. The van der Waals surface area contributed by atoms with Crippen LogP contribution in [0.15, 0.2) is 23.8 Å². The average Bonchev–Trinajstić information content (AvgIpc) is 3.05. The molecule has 3 N–H and O–H groups in total. The van der Waals surface area contributed by atoms with Gasteiger partial charge in [-0.05, 0) is 79.4 Å². The van der Waals surface area contributed by atoms with Gasteiger partial charge >= 0.3 is 0 Å². The van der Waals surface area contributed by atoms with Gasteiger partial charge in [-0.1, -0.05) is 65.3 Å². The van der Waals surface area contributed by atoms with E-state index in [1.807, 2.05) is 6.08 Å². The molecule has 3 saturated carbocycles. The van der Waals surface area contributed by atoms with Crippen molar-refractivity contribution in [2.24, 2.45) is 46.3 Å². The standard InChI is InChI=1S/C28H46O3/c1-17(2)18(3)7-8-19(4)22-9-10-23-21-15-25(30)28(31)16-20(29)11-14-27(28,6)24(21)12-13-26(22,23)5/h7-8,15,17-20,22-25,29-31H,9-14,16H2,1-6H3/t18-,19-,20-,22+,23-,24-,25+,26+,27+,28-/m0/s1. The molecule has 10 atom stereocenters. The second kappa shape index (κ2) is 7.99. The summed E-state index contributed by atoms with van der Waals surface area (Å²) >= 11 is 0. The van der Waals surface area contributed by atoms with Gasteiger partial charge in [0.2, 0.25) is 0 Å². The fourth-order valence-corrected chi connectivity index (χ4v) is 8.16. The quantitative estimate of drug-likeness (QED) is 0.516. The van der Waals surface area contributed by atoms with E-state index in [9.17, 15) is 15.3 Å². The smallest absolute Gasteiger partial charge is 0.102 e. The van der Waals surface area contributed by atoms with E-state index in [2.05, 4.69) is 53.7 Å². The molecule has 0 amide bonds. The number of hydrogen-bond donors (Lipinski definition) is 3. The number of hydrogen-bond acceptors (Lipinski definition) is 3. The van der Waals surface area contributed by atoms with Crippen molar-refractivity contribution in [1.82, 2.24) is 0 Å². The highest BCUT2D eigenvalue weighted by Crippen LogP contribution is 2.67. The molecular formula is C28H46O3. The Hall–Kier alpha value is -0.640. The Labute approximate surface area is 190 Å². The second-order valence-corrected chi connectivity index (χ2v) is 12.5. The van der Waals surface area contributed by atoms with Crippen LogP contribution in [0.4, 0.5) is 0 Å². The largest absolute Gasteiger partial charge is 0.393 e. The van der Waals surface area contributed by atoms with Crippen molar-refractivity contribution in [3.05, 3.63) is 23.8 Å². The van der Waals surface area contributed by atoms with E-state index in [0.29, 0.717) is 41.9 Å². The first kappa shape index (κ1) is 23.5. The van der Waals surface area contributed by atoms with Crippen molar-refractivity contribution in [2.75, 3.05) is 0 Å². The van der Waals surface area contributed by atoms with E-state index in [4.69, 9.17) is 0 Å². The van der Waals surface area contributed by atoms with Crippen LogP contribution in [0.2, 0.25) is 0 Å². The molecule has 3 heteroatoms. The predicted octanol–water partition coefficient (Wildman–Crippen LogP) is 5.50. The van der Waals surface area contributed by atoms with Crippen LogP contribution in [0.1, 0.15) is 86.5 Å². The molecule has 0 unspecified atom stereocenters. The number of aliphatic hydroxyl groups is 3. The summed E-state index contributed by atoms with van der Waals surface area (Å²) in [7, 11) is 0. The molecule has 0 saturated heterocycles. The van der Waals surface area contributed by atoms with Gasteiger partial charge in [-0.3, -0.25) is 0 Å². The highest BCUT2D eigenvalue weighted by molar-refractivity contribution is 5.33.